The highest BCUT2D eigenvalue weighted by Gasteiger charge is 2.35. The van der Waals surface area contributed by atoms with Gasteiger partial charge >= 0.3 is 0 Å². The molecule has 19 heavy (non-hydrogen) atoms. The van der Waals surface area contributed by atoms with E-state index in [4.69, 9.17) is 4.42 Å². The van der Waals surface area contributed by atoms with E-state index < -0.39 is 0 Å². The van der Waals surface area contributed by atoms with Crippen molar-refractivity contribution in [1.82, 2.24) is 15.5 Å². The molecule has 1 fully saturated rings. The maximum absolute atomic E-state index is 12.2. The molecule has 0 bridgehead atoms. The molecule has 1 aromatic rings. The van der Waals surface area contributed by atoms with Crippen molar-refractivity contribution in [2.24, 2.45) is 5.41 Å². The fourth-order valence-corrected chi connectivity index (χ4v) is 2.51. The van der Waals surface area contributed by atoms with Crippen LogP contribution >= 0.6 is 0 Å². The molecule has 1 saturated heterocycles. The Kier molecular flexibility index (Phi) is 4.27. The van der Waals surface area contributed by atoms with Crippen molar-refractivity contribution in [3.8, 4) is 0 Å². The number of furan rings is 1. The number of nitrogens with zero attached hydrogens (tertiary/aromatic N) is 1. The minimum absolute atomic E-state index is 0.0603. The van der Waals surface area contributed by atoms with Crippen LogP contribution in [0.5, 0.6) is 0 Å². The Morgan fingerprint density at radius 2 is 2.37 bits per heavy atom. The van der Waals surface area contributed by atoms with Crippen LogP contribution in [0.15, 0.2) is 22.8 Å². The molecule has 5 heteroatoms. The highest BCUT2D eigenvalue weighted by Crippen LogP contribution is 2.22. The van der Waals surface area contributed by atoms with Gasteiger partial charge in [0.15, 0.2) is 0 Å². The number of hydrogen-bond donors (Lipinski definition) is 2. The zero-order chi connectivity index (χ0) is 13.9. The molecule has 5 nitrogen and oxygen atoms in total. The lowest BCUT2D eigenvalue weighted by molar-refractivity contribution is -0.125. The third kappa shape index (κ3) is 3.58. The smallest absolute Gasteiger partial charge is 0.238 e. The van der Waals surface area contributed by atoms with Gasteiger partial charge in [0.25, 0.3) is 0 Å². The van der Waals surface area contributed by atoms with Gasteiger partial charge in [-0.05, 0) is 24.6 Å². The van der Waals surface area contributed by atoms with Crippen LogP contribution in [0, 0.1) is 5.41 Å². The van der Waals surface area contributed by atoms with E-state index in [1.807, 2.05) is 19.2 Å². The van der Waals surface area contributed by atoms with Gasteiger partial charge in [0.1, 0.15) is 11.8 Å². The molecular formula is C14H23N3O2. The largest absolute Gasteiger partial charge is 0.468 e. The first kappa shape index (κ1) is 14.1. The number of likely N-dealkylation sites (N-methyl/N-ethyl adjacent to an activating group) is 1. The maximum atomic E-state index is 12.2. The van der Waals surface area contributed by atoms with E-state index in [1.165, 1.54) is 0 Å². The Morgan fingerprint density at radius 3 is 3.00 bits per heavy atom. The Morgan fingerprint density at radius 1 is 1.58 bits per heavy atom. The predicted octanol–water partition coefficient (Wildman–Crippen LogP) is 0.826. The Hall–Kier alpha value is -1.33. The average molecular weight is 265 g/mol. The van der Waals surface area contributed by atoms with Crippen molar-refractivity contribution in [1.29, 1.82) is 0 Å². The zero-order valence-corrected chi connectivity index (χ0v) is 11.9. The van der Waals surface area contributed by atoms with Crippen LogP contribution in [-0.4, -0.2) is 43.5 Å². The fraction of sp³-hybridized carbons (Fsp3) is 0.643. The van der Waals surface area contributed by atoms with Crippen molar-refractivity contribution in [3.63, 3.8) is 0 Å². The van der Waals surface area contributed by atoms with Gasteiger partial charge in [-0.1, -0.05) is 13.8 Å². The third-order valence-electron chi connectivity index (χ3n) is 3.45. The van der Waals surface area contributed by atoms with E-state index in [0.717, 1.165) is 12.3 Å². The second kappa shape index (κ2) is 5.75. The Bertz CT molecular complexity index is 414. The van der Waals surface area contributed by atoms with E-state index >= 15 is 0 Å². The molecule has 0 aliphatic carbocycles. The summed E-state index contributed by atoms with van der Waals surface area (Å²) in [6, 6.07) is 3.68. The van der Waals surface area contributed by atoms with Gasteiger partial charge in [0, 0.05) is 19.6 Å². The first-order valence-corrected chi connectivity index (χ1v) is 6.70. The van der Waals surface area contributed by atoms with Gasteiger partial charge in [-0.2, -0.15) is 0 Å². The van der Waals surface area contributed by atoms with Crippen LogP contribution in [0.25, 0.3) is 0 Å². The van der Waals surface area contributed by atoms with Gasteiger partial charge in [0.2, 0.25) is 5.91 Å². The maximum Gasteiger partial charge on any atom is 0.238 e. The number of rotatable bonds is 4. The molecule has 1 aromatic heterocycles. The van der Waals surface area contributed by atoms with Crippen molar-refractivity contribution >= 4 is 5.91 Å². The van der Waals surface area contributed by atoms with Crippen molar-refractivity contribution < 1.29 is 9.21 Å². The fourth-order valence-electron chi connectivity index (χ4n) is 2.51. The summed E-state index contributed by atoms with van der Waals surface area (Å²) in [5.41, 5.74) is 0.0603. The van der Waals surface area contributed by atoms with Crippen LogP contribution < -0.4 is 10.6 Å². The van der Waals surface area contributed by atoms with E-state index in [1.54, 1.807) is 6.26 Å². The second-order valence-electron chi connectivity index (χ2n) is 5.94. The van der Waals surface area contributed by atoms with Crippen molar-refractivity contribution in [2.75, 3.05) is 26.7 Å². The topological polar surface area (TPSA) is 57.5 Å². The molecule has 1 aliphatic rings. The summed E-state index contributed by atoms with van der Waals surface area (Å²) in [6.07, 6.45) is 1.67. The summed E-state index contributed by atoms with van der Waals surface area (Å²) >= 11 is 0. The third-order valence-corrected chi connectivity index (χ3v) is 3.45. The Balaban J connectivity index is 2.18. The Labute approximate surface area is 114 Å². The first-order chi connectivity index (χ1) is 9.02. The molecule has 106 valence electrons. The first-order valence-electron chi connectivity index (χ1n) is 6.70. The molecule has 0 aromatic carbocycles. The van der Waals surface area contributed by atoms with E-state index in [-0.39, 0.29) is 17.4 Å². The van der Waals surface area contributed by atoms with Gasteiger partial charge in [-0.25, -0.2) is 0 Å². The summed E-state index contributed by atoms with van der Waals surface area (Å²) in [6.45, 7) is 7.21. The second-order valence-corrected chi connectivity index (χ2v) is 5.94. The lowest BCUT2D eigenvalue weighted by atomic mass is 9.93. The lowest BCUT2D eigenvalue weighted by Gasteiger charge is -2.31. The molecule has 2 rings (SSSR count). The minimum Gasteiger partial charge on any atom is -0.468 e. The number of amides is 1. The predicted molar refractivity (Wildman–Crippen MR) is 73.6 cm³/mol. The molecule has 1 aliphatic heterocycles. The molecule has 2 heterocycles. The zero-order valence-electron chi connectivity index (χ0n) is 11.9. The van der Waals surface area contributed by atoms with Crippen LogP contribution in [0.1, 0.15) is 19.6 Å². The summed E-state index contributed by atoms with van der Waals surface area (Å²) < 4.78 is 5.41. The molecule has 0 radical (unpaired) electrons. The highest BCUT2D eigenvalue weighted by atomic mass is 16.3. The standard InChI is InChI=1S/C14H23N3O2/c1-14(2)9-16-13(18)12(7-15-3)17(10-14)8-11-5-4-6-19-11/h4-6,12,15H,7-10H2,1-3H3,(H,16,18). The molecule has 2 N–H and O–H groups in total. The quantitative estimate of drug-likeness (QED) is 0.846. The number of carbonyl (C=O) groups is 1. The lowest BCUT2D eigenvalue weighted by Crippen LogP contribution is -2.49. The van der Waals surface area contributed by atoms with Crippen LogP contribution in [0.2, 0.25) is 0 Å². The summed E-state index contributed by atoms with van der Waals surface area (Å²) in [5, 5.41) is 6.13. The van der Waals surface area contributed by atoms with Gasteiger partial charge in [-0.15, -0.1) is 0 Å². The average Bonchev–Trinajstić information content (AvgIpc) is 2.81. The van der Waals surface area contributed by atoms with Crippen LogP contribution in [-0.2, 0) is 11.3 Å². The molecule has 0 spiro atoms. The number of carbonyl (C=O) groups excluding carboxylic acids is 1. The normalized spacial score (nSPS) is 23.9. The number of nitrogens with one attached hydrogen (secondary N) is 2. The molecular weight excluding hydrogens is 242 g/mol. The van der Waals surface area contributed by atoms with E-state index in [2.05, 4.69) is 29.4 Å². The molecule has 1 unspecified atom stereocenters. The number of hydrogen-bond acceptors (Lipinski definition) is 4. The van der Waals surface area contributed by atoms with Crippen LogP contribution in [0.4, 0.5) is 0 Å². The van der Waals surface area contributed by atoms with Crippen LogP contribution in [0.3, 0.4) is 0 Å². The molecule has 0 saturated carbocycles. The summed E-state index contributed by atoms with van der Waals surface area (Å²) in [4.78, 5) is 14.4. The van der Waals surface area contributed by atoms with E-state index in [0.29, 0.717) is 19.6 Å². The van der Waals surface area contributed by atoms with Gasteiger partial charge < -0.3 is 15.1 Å². The SMILES string of the molecule is CNCC1C(=O)NCC(C)(C)CN1Cc1ccco1. The van der Waals surface area contributed by atoms with Crippen molar-refractivity contribution in [2.45, 2.75) is 26.4 Å². The highest BCUT2D eigenvalue weighted by molar-refractivity contribution is 5.82. The summed E-state index contributed by atoms with van der Waals surface area (Å²) in [7, 11) is 1.87. The minimum atomic E-state index is -0.156. The van der Waals surface area contributed by atoms with Gasteiger partial charge in [0.05, 0.1) is 12.8 Å². The van der Waals surface area contributed by atoms with E-state index in [9.17, 15) is 4.79 Å². The molecule has 1 atom stereocenters. The molecule has 1 amide bonds. The van der Waals surface area contributed by atoms with Crippen molar-refractivity contribution in [3.05, 3.63) is 24.2 Å². The van der Waals surface area contributed by atoms with Gasteiger partial charge in [-0.3, -0.25) is 9.69 Å². The summed E-state index contributed by atoms with van der Waals surface area (Å²) in [5.74, 6) is 0.984. The monoisotopic (exact) mass is 265 g/mol.